The molecule has 1 amide bonds. The molecule has 1 atom stereocenters. The van der Waals surface area contributed by atoms with Crippen molar-refractivity contribution in [3.8, 4) is 12.3 Å². The lowest BCUT2D eigenvalue weighted by Gasteiger charge is -2.22. The van der Waals surface area contributed by atoms with Gasteiger partial charge in [0, 0.05) is 13.5 Å². The van der Waals surface area contributed by atoms with Crippen LogP contribution in [0.5, 0.6) is 0 Å². The third kappa shape index (κ3) is 7.67. The zero-order valence-electron chi connectivity index (χ0n) is 12.7. The molecule has 5 heteroatoms. The summed E-state index contributed by atoms with van der Waals surface area (Å²) in [7, 11) is 1.50. The first-order chi connectivity index (χ1) is 9.54. The van der Waals surface area contributed by atoms with Crippen LogP contribution in [0.25, 0.3) is 0 Å². The van der Waals surface area contributed by atoms with Gasteiger partial charge in [0.1, 0.15) is 12.6 Å². The van der Waals surface area contributed by atoms with E-state index in [4.69, 9.17) is 15.9 Å². The molecule has 5 nitrogen and oxygen atoms in total. The molecule has 0 aromatic rings. The van der Waals surface area contributed by atoms with Crippen molar-refractivity contribution in [3.63, 3.8) is 0 Å². The fourth-order valence-electron chi connectivity index (χ4n) is 1.44. The topological polar surface area (TPSA) is 55.8 Å². The maximum atomic E-state index is 11.7. The molecule has 0 bridgehead atoms. The Hall–Kier alpha value is -1.70. The summed E-state index contributed by atoms with van der Waals surface area (Å²) < 4.78 is 10.0. The van der Waals surface area contributed by atoms with Gasteiger partial charge in [0.2, 0.25) is 0 Å². The molecule has 0 aliphatic rings. The Balaban J connectivity index is 3.96. The second kappa shape index (κ2) is 11.2. The van der Waals surface area contributed by atoms with E-state index in [9.17, 15) is 9.59 Å². The first kappa shape index (κ1) is 18.3. The van der Waals surface area contributed by atoms with E-state index >= 15 is 0 Å². The van der Waals surface area contributed by atoms with Crippen LogP contribution in [-0.2, 0) is 14.3 Å². The Kier molecular flexibility index (Phi) is 10.2. The lowest BCUT2D eigenvalue weighted by molar-refractivity contribution is -0.148. The summed E-state index contributed by atoms with van der Waals surface area (Å²) >= 11 is 0. The molecule has 0 rings (SSSR count). The highest BCUT2D eigenvalue weighted by molar-refractivity contribution is 5.80. The third-order valence-electron chi connectivity index (χ3n) is 2.92. The smallest absolute Gasteiger partial charge is 0.410 e. The van der Waals surface area contributed by atoms with Gasteiger partial charge in [0.15, 0.2) is 0 Å². The summed E-state index contributed by atoms with van der Waals surface area (Å²) in [5.41, 5.74) is 0. The third-order valence-corrected chi connectivity index (χ3v) is 2.92. The van der Waals surface area contributed by atoms with Crippen LogP contribution in [0.15, 0.2) is 0 Å². The molecule has 0 aromatic heterocycles. The number of amides is 1. The molecule has 0 radical (unpaired) electrons. The van der Waals surface area contributed by atoms with Gasteiger partial charge in [-0.25, -0.2) is 9.59 Å². The molecule has 0 aliphatic carbocycles. The van der Waals surface area contributed by atoms with E-state index in [-0.39, 0.29) is 6.61 Å². The maximum Gasteiger partial charge on any atom is 0.410 e. The van der Waals surface area contributed by atoms with Crippen molar-refractivity contribution < 1.29 is 19.1 Å². The molecule has 0 N–H and O–H groups in total. The van der Waals surface area contributed by atoms with Gasteiger partial charge in [-0.3, -0.25) is 4.90 Å². The minimum absolute atomic E-state index is 0.151. The van der Waals surface area contributed by atoms with Gasteiger partial charge in [-0.2, -0.15) is 0 Å². The van der Waals surface area contributed by atoms with Gasteiger partial charge in [0.05, 0.1) is 6.61 Å². The van der Waals surface area contributed by atoms with Gasteiger partial charge in [0.25, 0.3) is 0 Å². The highest BCUT2D eigenvalue weighted by Crippen LogP contribution is 2.04. The zero-order valence-corrected chi connectivity index (χ0v) is 12.7. The predicted molar refractivity (Wildman–Crippen MR) is 77.1 cm³/mol. The number of hydrogen-bond acceptors (Lipinski definition) is 4. The fraction of sp³-hybridized carbons (Fsp3) is 0.733. The van der Waals surface area contributed by atoms with Gasteiger partial charge >= 0.3 is 12.1 Å². The normalized spacial score (nSPS) is 11.3. The molecule has 0 heterocycles. The molecule has 0 aliphatic heterocycles. The number of likely N-dealkylation sites (N-methyl/N-ethyl adjacent to an activating group) is 1. The minimum Gasteiger partial charge on any atom is -0.464 e. The quantitative estimate of drug-likeness (QED) is 0.371. The summed E-state index contributed by atoms with van der Waals surface area (Å²) in [4.78, 5) is 24.6. The van der Waals surface area contributed by atoms with Crippen molar-refractivity contribution in [1.82, 2.24) is 4.90 Å². The van der Waals surface area contributed by atoms with E-state index in [0.717, 1.165) is 25.7 Å². The maximum absolute atomic E-state index is 11.7. The number of esters is 1. The first-order valence-corrected chi connectivity index (χ1v) is 7.04. The SMILES string of the molecule is C#CCCOC(=O)N(C)C(C)C(=O)OCCCCCC. The van der Waals surface area contributed by atoms with Crippen LogP contribution < -0.4 is 0 Å². The van der Waals surface area contributed by atoms with E-state index in [1.807, 2.05) is 0 Å². The Morgan fingerprint density at radius 3 is 2.50 bits per heavy atom. The Morgan fingerprint density at radius 1 is 1.20 bits per heavy atom. The van der Waals surface area contributed by atoms with Crippen LogP contribution in [-0.4, -0.2) is 43.3 Å². The highest BCUT2D eigenvalue weighted by atomic mass is 16.6. The van der Waals surface area contributed by atoms with Crippen LogP contribution in [0.2, 0.25) is 0 Å². The summed E-state index contributed by atoms with van der Waals surface area (Å²) in [5, 5.41) is 0. The van der Waals surface area contributed by atoms with Crippen molar-refractivity contribution in [1.29, 1.82) is 0 Å². The summed E-state index contributed by atoms with van der Waals surface area (Å²) in [5.74, 6) is 1.95. The average molecular weight is 283 g/mol. The number of rotatable bonds is 9. The lowest BCUT2D eigenvalue weighted by Crippen LogP contribution is -2.41. The summed E-state index contributed by atoms with van der Waals surface area (Å²) in [6.07, 6.45) is 9.01. The van der Waals surface area contributed by atoms with Crippen LogP contribution in [0, 0.1) is 12.3 Å². The Morgan fingerprint density at radius 2 is 1.90 bits per heavy atom. The van der Waals surface area contributed by atoms with Crippen molar-refractivity contribution in [2.45, 2.75) is 52.0 Å². The molecule has 0 saturated heterocycles. The standard InChI is InChI=1S/C15H25NO4/c1-5-7-9-10-12-19-14(17)13(3)16(4)15(18)20-11-8-6-2/h2,13H,5,7-12H2,1,3-4H3. The number of nitrogens with zero attached hydrogens (tertiary/aromatic N) is 1. The second-order valence-corrected chi connectivity index (χ2v) is 4.58. The second-order valence-electron chi connectivity index (χ2n) is 4.58. The minimum atomic E-state index is -0.667. The van der Waals surface area contributed by atoms with E-state index in [2.05, 4.69) is 12.8 Å². The van der Waals surface area contributed by atoms with Gasteiger partial charge < -0.3 is 9.47 Å². The first-order valence-electron chi connectivity index (χ1n) is 7.04. The summed E-state index contributed by atoms with van der Waals surface area (Å²) in [6, 6.07) is -0.667. The number of terminal acetylenes is 1. The van der Waals surface area contributed by atoms with Crippen molar-refractivity contribution >= 4 is 12.1 Å². The van der Waals surface area contributed by atoms with Gasteiger partial charge in [-0.05, 0) is 13.3 Å². The van der Waals surface area contributed by atoms with Crippen LogP contribution in [0.3, 0.4) is 0 Å². The van der Waals surface area contributed by atoms with E-state index in [1.165, 1.54) is 11.9 Å². The predicted octanol–water partition coefficient (Wildman–Crippen LogP) is 2.59. The largest absolute Gasteiger partial charge is 0.464 e. The average Bonchev–Trinajstić information content (AvgIpc) is 2.45. The summed E-state index contributed by atoms with van der Waals surface area (Å²) in [6.45, 7) is 4.27. The Labute approximate surface area is 121 Å². The van der Waals surface area contributed by atoms with Crippen LogP contribution in [0.1, 0.15) is 46.0 Å². The zero-order chi connectivity index (χ0) is 15.4. The van der Waals surface area contributed by atoms with Crippen molar-refractivity contribution in [2.75, 3.05) is 20.3 Å². The van der Waals surface area contributed by atoms with Gasteiger partial charge in [-0.15, -0.1) is 12.3 Å². The highest BCUT2D eigenvalue weighted by Gasteiger charge is 2.24. The molecule has 0 fully saturated rings. The molecule has 0 aromatic carbocycles. The number of hydrogen-bond donors (Lipinski definition) is 0. The Bertz CT molecular complexity index is 335. The fourth-order valence-corrected chi connectivity index (χ4v) is 1.44. The number of ether oxygens (including phenoxy) is 2. The van der Waals surface area contributed by atoms with Crippen LogP contribution in [0.4, 0.5) is 4.79 Å². The number of carbonyl (C=O) groups excluding carboxylic acids is 2. The van der Waals surface area contributed by atoms with E-state index in [1.54, 1.807) is 6.92 Å². The lowest BCUT2D eigenvalue weighted by atomic mass is 10.2. The van der Waals surface area contributed by atoms with Crippen molar-refractivity contribution in [2.24, 2.45) is 0 Å². The monoisotopic (exact) mass is 283 g/mol. The molecule has 20 heavy (non-hydrogen) atoms. The molecular weight excluding hydrogens is 258 g/mol. The number of unbranched alkanes of at least 4 members (excludes halogenated alkanes) is 3. The number of carbonyl (C=O) groups is 2. The molecule has 0 saturated carbocycles. The van der Waals surface area contributed by atoms with Crippen molar-refractivity contribution in [3.05, 3.63) is 0 Å². The molecule has 114 valence electrons. The van der Waals surface area contributed by atoms with Crippen LogP contribution >= 0.6 is 0 Å². The van der Waals surface area contributed by atoms with E-state index < -0.39 is 18.1 Å². The van der Waals surface area contributed by atoms with E-state index in [0.29, 0.717) is 13.0 Å². The molecule has 1 unspecified atom stereocenters. The molecule has 0 spiro atoms. The van der Waals surface area contributed by atoms with Gasteiger partial charge in [-0.1, -0.05) is 26.2 Å². The molecular formula is C15H25NO4.